The normalized spacial score (nSPS) is 16.4. The van der Waals surface area contributed by atoms with Crippen LogP contribution in [0.3, 0.4) is 0 Å². The molecule has 0 aliphatic carbocycles. The molecule has 0 atom stereocenters. The summed E-state index contributed by atoms with van der Waals surface area (Å²) in [5.41, 5.74) is 5.85. The topological polar surface area (TPSA) is 93.9 Å². The second-order valence-corrected chi connectivity index (χ2v) is 6.75. The first-order chi connectivity index (χ1) is 9.95. The summed E-state index contributed by atoms with van der Waals surface area (Å²) in [7, 11) is -2.09. The molecule has 0 saturated carbocycles. The number of nitrogens with zero attached hydrogens (tertiary/aromatic N) is 1. The molecule has 0 amide bonds. The Morgan fingerprint density at radius 3 is 2.67 bits per heavy atom. The van der Waals surface area contributed by atoms with Gasteiger partial charge in [0.15, 0.2) is 5.11 Å². The van der Waals surface area contributed by atoms with Crippen LogP contribution in [-0.4, -0.2) is 51.2 Å². The number of anilines is 1. The van der Waals surface area contributed by atoms with Crippen molar-refractivity contribution in [2.45, 2.75) is 4.90 Å². The smallest absolute Gasteiger partial charge is 0.243 e. The summed E-state index contributed by atoms with van der Waals surface area (Å²) in [6.45, 7) is 1.47. The predicted octanol–water partition coefficient (Wildman–Crippen LogP) is 0.372. The molecule has 7 nitrogen and oxygen atoms in total. The number of thiocarbonyl (C=S) groups is 1. The first-order valence-electron chi connectivity index (χ1n) is 6.27. The molecule has 2 rings (SSSR count). The van der Waals surface area contributed by atoms with E-state index in [2.05, 4.69) is 5.32 Å². The highest BCUT2D eigenvalue weighted by Gasteiger charge is 2.27. The Kier molecular flexibility index (Phi) is 4.99. The van der Waals surface area contributed by atoms with Gasteiger partial charge in [0.2, 0.25) is 10.0 Å². The van der Waals surface area contributed by atoms with Crippen molar-refractivity contribution in [2.24, 2.45) is 5.73 Å². The van der Waals surface area contributed by atoms with Crippen molar-refractivity contribution in [1.29, 1.82) is 0 Å². The number of nitrogens with one attached hydrogen (secondary N) is 1. The zero-order chi connectivity index (χ0) is 15.5. The molecule has 0 bridgehead atoms. The molecular weight excluding hydrogens is 314 g/mol. The fraction of sp³-hybridized carbons (Fsp3) is 0.417. The van der Waals surface area contributed by atoms with Crippen LogP contribution in [0.1, 0.15) is 0 Å². The van der Waals surface area contributed by atoms with Crippen LogP contribution in [0.25, 0.3) is 0 Å². The highest BCUT2D eigenvalue weighted by atomic mass is 32.2. The molecule has 0 radical (unpaired) electrons. The van der Waals surface area contributed by atoms with Gasteiger partial charge < -0.3 is 20.5 Å². The largest absolute Gasteiger partial charge is 0.495 e. The van der Waals surface area contributed by atoms with E-state index >= 15 is 0 Å². The Morgan fingerprint density at radius 2 is 2.10 bits per heavy atom. The van der Waals surface area contributed by atoms with Crippen molar-refractivity contribution in [2.75, 3.05) is 38.7 Å². The number of methoxy groups -OCH3 is 1. The number of nitrogens with two attached hydrogens (primary N) is 1. The van der Waals surface area contributed by atoms with Gasteiger partial charge in [-0.25, -0.2) is 8.42 Å². The highest BCUT2D eigenvalue weighted by Crippen LogP contribution is 2.29. The van der Waals surface area contributed by atoms with Crippen molar-refractivity contribution >= 4 is 33.0 Å². The average Bonchev–Trinajstić information content (AvgIpc) is 2.47. The summed E-state index contributed by atoms with van der Waals surface area (Å²) >= 11 is 4.78. The van der Waals surface area contributed by atoms with Crippen LogP contribution in [0.4, 0.5) is 5.69 Å². The minimum atomic E-state index is -3.57. The fourth-order valence-corrected chi connectivity index (χ4v) is 3.56. The Hall–Kier alpha value is -1.42. The molecule has 1 aliphatic heterocycles. The highest BCUT2D eigenvalue weighted by molar-refractivity contribution is 7.89. The maximum Gasteiger partial charge on any atom is 0.243 e. The molecule has 1 aliphatic rings. The zero-order valence-electron chi connectivity index (χ0n) is 11.5. The summed E-state index contributed by atoms with van der Waals surface area (Å²) in [5.74, 6) is 0.462. The number of ether oxygens (including phenoxy) is 2. The molecule has 116 valence electrons. The van der Waals surface area contributed by atoms with E-state index in [9.17, 15) is 8.42 Å². The van der Waals surface area contributed by atoms with E-state index in [4.69, 9.17) is 27.4 Å². The predicted molar refractivity (Wildman–Crippen MR) is 83.0 cm³/mol. The summed E-state index contributed by atoms with van der Waals surface area (Å²) in [6.07, 6.45) is 0. The van der Waals surface area contributed by atoms with E-state index < -0.39 is 10.0 Å². The summed E-state index contributed by atoms with van der Waals surface area (Å²) in [4.78, 5) is 0.156. The van der Waals surface area contributed by atoms with Crippen molar-refractivity contribution in [3.63, 3.8) is 0 Å². The molecule has 1 aromatic rings. The van der Waals surface area contributed by atoms with Gasteiger partial charge in [-0.05, 0) is 30.4 Å². The molecule has 0 spiro atoms. The Balaban J connectivity index is 2.36. The lowest BCUT2D eigenvalue weighted by Gasteiger charge is -2.26. The molecule has 3 N–H and O–H groups in total. The van der Waals surface area contributed by atoms with Gasteiger partial charge in [-0.3, -0.25) is 0 Å². The van der Waals surface area contributed by atoms with Crippen molar-refractivity contribution in [1.82, 2.24) is 4.31 Å². The molecule has 1 aromatic carbocycles. The van der Waals surface area contributed by atoms with Gasteiger partial charge in [-0.15, -0.1) is 0 Å². The molecule has 1 fully saturated rings. The minimum absolute atomic E-state index is 0.0363. The van der Waals surface area contributed by atoms with Crippen molar-refractivity contribution < 1.29 is 17.9 Å². The summed E-state index contributed by atoms with van der Waals surface area (Å²) < 4.78 is 36.8. The van der Waals surface area contributed by atoms with Crippen LogP contribution < -0.4 is 15.8 Å². The Labute approximate surface area is 129 Å². The van der Waals surface area contributed by atoms with E-state index in [0.29, 0.717) is 37.7 Å². The van der Waals surface area contributed by atoms with Gasteiger partial charge in [0.1, 0.15) is 5.75 Å². The summed E-state index contributed by atoms with van der Waals surface area (Å²) in [5, 5.41) is 2.75. The quantitative estimate of drug-likeness (QED) is 0.770. The van der Waals surface area contributed by atoms with Crippen LogP contribution in [0, 0.1) is 0 Å². The molecular formula is C12H17N3O4S2. The fourth-order valence-electron chi connectivity index (χ4n) is 2.01. The SMILES string of the molecule is COc1ccc(S(=O)(=O)N2CCOCC2)cc1NC(N)=S. The van der Waals surface area contributed by atoms with E-state index in [1.54, 1.807) is 6.07 Å². The third-order valence-corrected chi connectivity index (χ3v) is 5.03. The van der Waals surface area contributed by atoms with Crippen LogP contribution in [0.2, 0.25) is 0 Å². The lowest BCUT2D eigenvalue weighted by atomic mass is 10.3. The summed E-state index contributed by atoms with van der Waals surface area (Å²) in [6, 6.07) is 4.52. The minimum Gasteiger partial charge on any atom is -0.495 e. The third kappa shape index (κ3) is 3.62. The van der Waals surface area contributed by atoms with Crippen LogP contribution in [-0.2, 0) is 14.8 Å². The van der Waals surface area contributed by atoms with E-state index in [1.165, 1.54) is 23.5 Å². The standard InChI is InChI=1S/C12H17N3O4S2/c1-18-11-3-2-9(8-10(11)14-12(13)20)21(16,17)15-4-6-19-7-5-15/h2-3,8H,4-7H2,1H3,(H3,13,14,20). The maximum atomic E-state index is 12.6. The number of sulfonamides is 1. The van der Waals surface area contributed by atoms with Crippen LogP contribution in [0.5, 0.6) is 5.75 Å². The number of hydrogen-bond donors (Lipinski definition) is 2. The molecule has 21 heavy (non-hydrogen) atoms. The van der Waals surface area contributed by atoms with Crippen LogP contribution >= 0.6 is 12.2 Å². The van der Waals surface area contributed by atoms with Gasteiger partial charge in [-0.2, -0.15) is 4.31 Å². The maximum absolute atomic E-state index is 12.6. The lowest BCUT2D eigenvalue weighted by molar-refractivity contribution is 0.0730. The average molecular weight is 331 g/mol. The van der Waals surface area contributed by atoms with Crippen molar-refractivity contribution in [3.05, 3.63) is 18.2 Å². The van der Waals surface area contributed by atoms with Gasteiger partial charge >= 0.3 is 0 Å². The molecule has 0 aromatic heterocycles. The van der Waals surface area contributed by atoms with Crippen LogP contribution in [0.15, 0.2) is 23.1 Å². The first kappa shape index (κ1) is 16.0. The van der Waals surface area contributed by atoms with Crippen molar-refractivity contribution in [3.8, 4) is 5.75 Å². The van der Waals surface area contributed by atoms with E-state index in [0.717, 1.165) is 0 Å². The third-order valence-electron chi connectivity index (χ3n) is 3.04. The number of hydrogen-bond acceptors (Lipinski definition) is 5. The number of morpholine rings is 1. The van der Waals surface area contributed by atoms with E-state index in [1.807, 2.05) is 0 Å². The van der Waals surface area contributed by atoms with Gasteiger partial charge in [0, 0.05) is 13.1 Å². The Bertz CT molecular complexity index is 627. The van der Waals surface area contributed by atoms with E-state index in [-0.39, 0.29) is 10.0 Å². The van der Waals surface area contributed by atoms with Gasteiger partial charge in [-0.1, -0.05) is 0 Å². The molecule has 9 heteroatoms. The lowest BCUT2D eigenvalue weighted by Crippen LogP contribution is -2.40. The second-order valence-electron chi connectivity index (χ2n) is 4.37. The zero-order valence-corrected chi connectivity index (χ0v) is 13.2. The monoisotopic (exact) mass is 331 g/mol. The number of benzene rings is 1. The van der Waals surface area contributed by atoms with Gasteiger partial charge in [0.25, 0.3) is 0 Å². The second kappa shape index (κ2) is 6.56. The Morgan fingerprint density at radius 1 is 1.43 bits per heavy atom. The first-order valence-corrected chi connectivity index (χ1v) is 8.12. The molecule has 1 saturated heterocycles. The number of rotatable bonds is 4. The molecule has 0 unspecified atom stereocenters. The van der Waals surface area contributed by atoms with Gasteiger partial charge in [0.05, 0.1) is 30.9 Å². The molecule has 1 heterocycles.